The van der Waals surface area contributed by atoms with Crippen LogP contribution in [0.3, 0.4) is 0 Å². The van der Waals surface area contributed by atoms with Crippen molar-refractivity contribution >= 4 is 32.4 Å². The largest absolute Gasteiger partial charge is 0.224 e. The highest BCUT2D eigenvalue weighted by Gasteiger charge is 2.28. The Hall–Kier alpha value is -0.610. The second-order valence-electron chi connectivity index (χ2n) is 3.38. The fourth-order valence-corrected chi connectivity index (χ4v) is 3.85. The van der Waals surface area contributed by atoms with Crippen molar-refractivity contribution in [3.63, 3.8) is 0 Å². The minimum Gasteiger partial charge on any atom is -0.224 e. The van der Waals surface area contributed by atoms with Crippen molar-refractivity contribution in [2.24, 2.45) is 0 Å². The molecule has 0 fully saturated rings. The first-order valence-corrected chi connectivity index (χ1v) is 6.98. The molecule has 3 nitrogen and oxygen atoms in total. The molecule has 1 aromatic rings. The SMILES string of the molecule is CC(I)(C#N)CS(=O)(=O)c1ccccc1. The van der Waals surface area contributed by atoms with Gasteiger partial charge in [-0.1, -0.05) is 40.8 Å². The van der Waals surface area contributed by atoms with E-state index in [0.717, 1.165) is 0 Å². The van der Waals surface area contributed by atoms with Gasteiger partial charge >= 0.3 is 0 Å². The Kier molecular flexibility index (Phi) is 3.73. The third-order valence-electron chi connectivity index (χ3n) is 1.80. The maximum absolute atomic E-state index is 11.9. The fraction of sp³-hybridized carbons (Fsp3) is 0.300. The molecular weight excluding hydrogens is 325 g/mol. The molecule has 0 aliphatic rings. The summed E-state index contributed by atoms with van der Waals surface area (Å²) in [7, 11) is -3.36. The Morgan fingerprint density at radius 3 is 2.40 bits per heavy atom. The number of nitriles is 1. The summed E-state index contributed by atoms with van der Waals surface area (Å²) in [5, 5.41) is 8.78. The molecule has 0 saturated carbocycles. The van der Waals surface area contributed by atoms with E-state index in [2.05, 4.69) is 0 Å². The normalized spacial score (nSPS) is 15.3. The molecule has 1 atom stereocenters. The van der Waals surface area contributed by atoms with Crippen LogP contribution in [0.15, 0.2) is 35.2 Å². The molecule has 0 radical (unpaired) electrons. The topological polar surface area (TPSA) is 57.9 Å². The first kappa shape index (κ1) is 12.5. The average Bonchev–Trinajstić information content (AvgIpc) is 2.18. The maximum Gasteiger partial charge on any atom is 0.180 e. The highest BCUT2D eigenvalue weighted by atomic mass is 127. The maximum atomic E-state index is 11.9. The van der Waals surface area contributed by atoms with Crippen LogP contribution in [0.2, 0.25) is 0 Å². The van der Waals surface area contributed by atoms with E-state index in [0.29, 0.717) is 0 Å². The molecule has 1 unspecified atom stereocenters. The Morgan fingerprint density at radius 2 is 1.93 bits per heavy atom. The minimum atomic E-state index is -3.36. The lowest BCUT2D eigenvalue weighted by molar-refractivity contribution is 0.593. The smallest absolute Gasteiger partial charge is 0.180 e. The van der Waals surface area contributed by atoms with Crippen molar-refractivity contribution in [3.8, 4) is 6.07 Å². The predicted octanol–water partition coefficient (Wildman–Crippen LogP) is 2.18. The van der Waals surface area contributed by atoms with Crippen LogP contribution in [0, 0.1) is 11.3 Å². The van der Waals surface area contributed by atoms with Crippen LogP contribution >= 0.6 is 22.6 Å². The van der Waals surface area contributed by atoms with Gasteiger partial charge in [-0.3, -0.25) is 0 Å². The first-order valence-electron chi connectivity index (χ1n) is 4.25. The molecule has 0 N–H and O–H groups in total. The summed E-state index contributed by atoms with van der Waals surface area (Å²) >= 11 is 1.85. The van der Waals surface area contributed by atoms with E-state index in [1.54, 1.807) is 37.3 Å². The summed E-state index contributed by atoms with van der Waals surface area (Å²) < 4.78 is 22.8. The molecule has 1 aromatic carbocycles. The molecule has 0 saturated heterocycles. The van der Waals surface area contributed by atoms with Gasteiger partial charge in [0, 0.05) is 0 Å². The van der Waals surface area contributed by atoms with E-state index in [-0.39, 0.29) is 10.6 Å². The Balaban J connectivity index is 3.03. The van der Waals surface area contributed by atoms with Gasteiger partial charge in [0.25, 0.3) is 0 Å². The summed E-state index contributed by atoms with van der Waals surface area (Å²) in [4.78, 5) is 0.267. The van der Waals surface area contributed by atoms with Gasteiger partial charge in [0.15, 0.2) is 9.84 Å². The third-order valence-corrected chi connectivity index (χ3v) is 4.88. The Bertz CT molecular complexity index is 474. The van der Waals surface area contributed by atoms with Crippen LogP contribution in [-0.4, -0.2) is 17.6 Å². The molecule has 0 aromatic heterocycles. The fourth-order valence-electron chi connectivity index (χ4n) is 1.10. The van der Waals surface area contributed by atoms with E-state index < -0.39 is 13.3 Å². The zero-order valence-electron chi connectivity index (χ0n) is 8.14. The molecule has 0 aliphatic carbocycles. The third kappa shape index (κ3) is 3.47. The molecule has 0 spiro atoms. The van der Waals surface area contributed by atoms with Gasteiger partial charge < -0.3 is 0 Å². The summed E-state index contributed by atoms with van der Waals surface area (Å²) in [5.41, 5.74) is 0. The lowest BCUT2D eigenvalue weighted by atomic mass is 10.3. The van der Waals surface area contributed by atoms with Crippen molar-refractivity contribution in [1.29, 1.82) is 5.26 Å². The van der Waals surface area contributed by atoms with Crippen LogP contribution in [0.1, 0.15) is 6.92 Å². The molecule has 15 heavy (non-hydrogen) atoms. The molecule has 0 aliphatic heterocycles. The lowest BCUT2D eigenvalue weighted by Gasteiger charge is -2.13. The second-order valence-corrected chi connectivity index (χ2v) is 7.75. The Morgan fingerprint density at radius 1 is 1.40 bits per heavy atom. The number of halogens is 1. The van der Waals surface area contributed by atoms with E-state index >= 15 is 0 Å². The van der Waals surface area contributed by atoms with Crippen molar-refractivity contribution in [1.82, 2.24) is 0 Å². The number of benzene rings is 1. The lowest BCUT2D eigenvalue weighted by Crippen LogP contribution is -2.25. The van der Waals surface area contributed by atoms with Gasteiger partial charge in [-0.15, -0.1) is 0 Å². The van der Waals surface area contributed by atoms with Crippen molar-refractivity contribution in [2.75, 3.05) is 5.75 Å². The number of sulfone groups is 1. The van der Waals surface area contributed by atoms with Crippen molar-refractivity contribution in [2.45, 2.75) is 15.2 Å². The van der Waals surface area contributed by atoms with Crippen molar-refractivity contribution in [3.05, 3.63) is 30.3 Å². The standard InChI is InChI=1S/C10H10INO2S/c1-10(11,7-12)8-15(13,14)9-5-3-2-4-6-9/h2-6H,8H2,1H3. The van der Waals surface area contributed by atoms with E-state index in [1.165, 1.54) is 0 Å². The molecule has 0 amide bonds. The summed E-state index contributed by atoms with van der Waals surface area (Å²) in [6.45, 7) is 1.61. The van der Waals surface area contributed by atoms with E-state index in [9.17, 15) is 8.42 Å². The molecular formula is C10H10INO2S. The number of hydrogen-bond donors (Lipinski definition) is 0. The number of rotatable bonds is 3. The predicted molar refractivity (Wildman–Crippen MR) is 66.5 cm³/mol. The summed E-state index contributed by atoms with van der Waals surface area (Å²) in [5.74, 6) is -0.166. The van der Waals surface area contributed by atoms with Crippen LogP contribution in [0.25, 0.3) is 0 Å². The van der Waals surface area contributed by atoms with Gasteiger partial charge in [0.2, 0.25) is 0 Å². The quantitative estimate of drug-likeness (QED) is 0.628. The van der Waals surface area contributed by atoms with Gasteiger partial charge in [-0.05, 0) is 19.1 Å². The highest BCUT2D eigenvalue weighted by Crippen LogP contribution is 2.23. The first-order chi connectivity index (χ1) is 6.87. The number of nitrogens with zero attached hydrogens (tertiary/aromatic N) is 1. The Labute approximate surface area is 103 Å². The zero-order valence-corrected chi connectivity index (χ0v) is 11.1. The van der Waals surface area contributed by atoms with Crippen molar-refractivity contribution < 1.29 is 8.42 Å². The zero-order chi connectivity index (χ0) is 11.5. The summed E-state index contributed by atoms with van der Waals surface area (Å²) in [6, 6.07) is 10.2. The van der Waals surface area contributed by atoms with Gasteiger partial charge in [0.05, 0.1) is 16.7 Å². The van der Waals surface area contributed by atoms with Crippen LogP contribution < -0.4 is 0 Å². The van der Waals surface area contributed by atoms with E-state index in [1.807, 2.05) is 28.7 Å². The molecule has 80 valence electrons. The van der Waals surface area contributed by atoms with E-state index in [4.69, 9.17) is 5.26 Å². The van der Waals surface area contributed by atoms with Crippen LogP contribution in [0.5, 0.6) is 0 Å². The average molecular weight is 335 g/mol. The number of alkyl halides is 1. The minimum absolute atomic E-state index is 0.166. The van der Waals surface area contributed by atoms with Crippen LogP contribution in [0.4, 0.5) is 0 Å². The van der Waals surface area contributed by atoms with Gasteiger partial charge in [-0.25, -0.2) is 8.42 Å². The molecule has 0 heterocycles. The van der Waals surface area contributed by atoms with Crippen LogP contribution in [-0.2, 0) is 9.84 Å². The van der Waals surface area contributed by atoms with Gasteiger partial charge in [-0.2, -0.15) is 5.26 Å². The second kappa shape index (κ2) is 4.49. The molecule has 0 bridgehead atoms. The monoisotopic (exact) mass is 335 g/mol. The van der Waals surface area contributed by atoms with Gasteiger partial charge in [0.1, 0.15) is 3.42 Å². The number of hydrogen-bond acceptors (Lipinski definition) is 3. The molecule has 5 heteroatoms. The highest BCUT2D eigenvalue weighted by molar-refractivity contribution is 14.1. The molecule has 1 rings (SSSR count). The summed E-state index contributed by atoms with van der Waals surface area (Å²) in [6.07, 6.45) is 0.